The lowest BCUT2D eigenvalue weighted by molar-refractivity contribution is -0.172. The molecule has 5 rings (SSSR count). The molecule has 9 heteroatoms. The number of carbonyl (C=O) groups excluding carboxylic acids is 1. The molecule has 0 saturated heterocycles. The Morgan fingerprint density at radius 1 is 1.23 bits per heavy atom. The third-order valence-electron chi connectivity index (χ3n) is 6.97. The highest BCUT2D eigenvalue weighted by Gasteiger charge is 2.45. The number of esters is 1. The minimum atomic E-state index is -1.87. The Labute approximate surface area is 211 Å². The van der Waals surface area contributed by atoms with E-state index < -0.39 is 11.6 Å². The fraction of sp³-hybridized carbons (Fsp3) is 0.423. The molecule has 0 fully saturated rings. The van der Waals surface area contributed by atoms with E-state index in [1.165, 1.54) is 6.07 Å². The van der Waals surface area contributed by atoms with Gasteiger partial charge in [0.05, 0.1) is 29.0 Å². The highest BCUT2D eigenvalue weighted by Crippen LogP contribution is 2.41. The van der Waals surface area contributed by atoms with Crippen LogP contribution in [0.2, 0.25) is 0 Å². The molecule has 1 atom stereocenters. The first kappa shape index (κ1) is 24.3. The van der Waals surface area contributed by atoms with Gasteiger partial charge >= 0.3 is 5.97 Å². The van der Waals surface area contributed by atoms with E-state index in [1.54, 1.807) is 24.5 Å². The van der Waals surface area contributed by atoms with Crippen molar-refractivity contribution in [3.63, 3.8) is 0 Å². The quantitative estimate of drug-likeness (QED) is 0.287. The number of fused-ring (bicyclic) bond motifs is 5. The number of thioether (sulfide) groups is 2. The van der Waals surface area contributed by atoms with Gasteiger partial charge < -0.3 is 14.4 Å². The number of hydrogen-bond donors (Lipinski definition) is 1. The predicted molar refractivity (Wildman–Crippen MR) is 138 cm³/mol. The summed E-state index contributed by atoms with van der Waals surface area (Å²) in [4.78, 5) is 30.7. The number of aryl methyl sites for hydroxylation is 1. The SMILES string of the molecule is CC[C@@]1(O)C(=O)OCc2c1cc1n(c2=O)Cc2c-1nc1cc(F)c(C)cc1c2CSCCCSC. The van der Waals surface area contributed by atoms with Crippen LogP contribution in [0.5, 0.6) is 0 Å². The molecule has 2 aromatic heterocycles. The lowest BCUT2D eigenvalue weighted by atomic mass is 9.86. The average molecular weight is 515 g/mol. The van der Waals surface area contributed by atoms with Gasteiger partial charge in [-0.2, -0.15) is 23.5 Å². The van der Waals surface area contributed by atoms with Crippen molar-refractivity contribution in [3.05, 3.63) is 62.2 Å². The molecule has 6 nitrogen and oxygen atoms in total. The largest absolute Gasteiger partial charge is 0.458 e. The van der Waals surface area contributed by atoms with Crippen molar-refractivity contribution in [2.75, 3.05) is 17.8 Å². The lowest BCUT2D eigenvalue weighted by Crippen LogP contribution is -2.44. The molecule has 1 aromatic carbocycles. The second-order valence-electron chi connectivity index (χ2n) is 9.04. The predicted octanol–water partition coefficient (Wildman–Crippen LogP) is 4.51. The van der Waals surface area contributed by atoms with Gasteiger partial charge in [0.25, 0.3) is 5.56 Å². The number of aliphatic hydroxyl groups is 1. The molecule has 2 aliphatic heterocycles. The molecule has 1 N–H and O–H groups in total. The minimum absolute atomic E-state index is 0.0855. The molecule has 0 amide bonds. The van der Waals surface area contributed by atoms with E-state index in [-0.39, 0.29) is 30.0 Å². The minimum Gasteiger partial charge on any atom is -0.458 e. The number of aromatic nitrogens is 2. The lowest BCUT2D eigenvalue weighted by Gasteiger charge is -2.31. The van der Waals surface area contributed by atoms with Crippen LogP contribution in [0.25, 0.3) is 22.3 Å². The van der Waals surface area contributed by atoms with Gasteiger partial charge in [0.15, 0.2) is 5.60 Å². The van der Waals surface area contributed by atoms with Crippen molar-refractivity contribution >= 4 is 40.4 Å². The zero-order chi connectivity index (χ0) is 24.9. The Kier molecular flexibility index (Phi) is 6.44. The number of nitrogens with zero attached hydrogens (tertiary/aromatic N) is 2. The van der Waals surface area contributed by atoms with Gasteiger partial charge in [0.2, 0.25) is 0 Å². The van der Waals surface area contributed by atoms with E-state index in [0.717, 1.165) is 40.2 Å². The Balaban J connectivity index is 1.69. The summed E-state index contributed by atoms with van der Waals surface area (Å²) in [6.07, 6.45) is 3.28. The molecule has 0 unspecified atom stereocenters. The van der Waals surface area contributed by atoms with Crippen LogP contribution in [0, 0.1) is 12.7 Å². The summed E-state index contributed by atoms with van der Waals surface area (Å²) in [5.74, 6) is 1.75. The van der Waals surface area contributed by atoms with Crippen molar-refractivity contribution in [2.24, 2.45) is 0 Å². The maximum Gasteiger partial charge on any atom is 0.343 e. The Morgan fingerprint density at radius 3 is 2.77 bits per heavy atom. The van der Waals surface area contributed by atoms with E-state index in [4.69, 9.17) is 9.72 Å². The third kappa shape index (κ3) is 3.88. The van der Waals surface area contributed by atoms with Crippen LogP contribution in [0.1, 0.15) is 47.6 Å². The molecule has 3 aromatic rings. The molecule has 0 spiro atoms. The fourth-order valence-corrected chi connectivity index (χ4v) is 6.58. The molecule has 0 radical (unpaired) electrons. The Bertz CT molecular complexity index is 1420. The van der Waals surface area contributed by atoms with E-state index in [0.29, 0.717) is 34.6 Å². The van der Waals surface area contributed by atoms with Gasteiger partial charge in [-0.1, -0.05) is 6.92 Å². The maximum absolute atomic E-state index is 14.5. The smallest absolute Gasteiger partial charge is 0.343 e. The average Bonchev–Trinajstić information content (AvgIpc) is 3.21. The Hall–Kier alpha value is -2.36. The highest BCUT2D eigenvalue weighted by molar-refractivity contribution is 7.99. The molecule has 184 valence electrons. The van der Waals surface area contributed by atoms with E-state index in [1.807, 2.05) is 29.6 Å². The zero-order valence-corrected chi connectivity index (χ0v) is 21.6. The summed E-state index contributed by atoms with van der Waals surface area (Å²) in [5, 5.41) is 12.0. The van der Waals surface area contributed by atoms with Crippen LogP contribution in [-0.4, -0.2) is 38.4 Å². The van der Waals surface area contributed by atoms with Crippen molar-refractivity contribution in [1.82, 2.24) is 9.55 Å². The second-order valence-corrected chi connectivity index (χ2v) is 11.1. The normalized spacial score (nSPS) is 18.4. The second kappa shape index (κ2) is 9.26. The Morgan fingerprint density at radius 2 is 2.03 bits per heavy atom. The fourth-order valence-electron chi connectivity index (χ4n) is 4.94. The summed E-state index contributed by atoms with van der Waals surface area (Å²) in [7, 11) is 0. The summed E-state index contributed by atoms with van der Waals surface area (Å²) < 4.78 is 21.3. The number of rotatable bonds is 7. The van der Waals surface area contributed by atoms with Crippen molar-refractivity contribution in [3.8, 4) is 11.4 Å². The molecule has 35 heavy (non-hydrogen) atoms. The van der Waals surface area contributed by atoms with Crippen LogP contribution < -0.4 is 5.56 Å². The monoisotopic (exact) mass is 514 g/mol. The number of benzene rings is 1. The molecule has 2 aliphatic rings. The number of carbonyl (C=O) groups is 1. The molecular formula is C26H27FN2O4S2. The molecule has 0 aliphatic carbocycles. The molecule has 4 heterocycles. The van der Waals surface area contributed by atoms with Gasteiger partial charge in [-0.3, -0.25) is 4.79 Å². The van der Waals surface area contributed by atoms with Gasteiger partial charge in [0, 0.05) is 28.3 Å². The maximum atomic E-state index is 14.5. The zero-order valence-electron chi connectivity index (χ0n) is 19.9. The first-order valence-electron chi connectivity index (χ1n) is 11.7. The third-order valence-corrected chi connectivity index (χ3v) is 8.74. The van der Waals surface area contributed by atoms with Crippen LogP contribution in [0.4, 0.5) is 4.39 Å². The molecular weight excluding hydrogens is 487 g/mol. The van der Waals surface area contributed by atoms with Gasteiger partial charge in [-0.05, 0) is 60.8 Å². The summed E-state index contributed by atoms with van der Waals surface area (Å²) in [6, 6.07) is 4.99. The number of cyclic esters (lactones) is 1. The first-order valence-corrected chi connectivity index (χ1v) is 14.2. The van der Waals surface area contributed by atoms with Crippen molar-refractivity contribution < 1.29 is 19.0 Å². The number of halogens is 1. The van der Waals surface area contributed by atoms with Gasteiger partial charge in [0.1, 0.15) is 12.4 Å². The van der Waals surface area contributed by atoms with Gasteiger partial charge in [-0.15, -0.1) is 0 Å². The summed E-state index contributed by atoms with van der Waals surface area (Å²) >= 11 is 3.65. The van der Waals surface area contributed by atoms with Crippen molar-refractivity contribution in [2.45, 2.75) is 51.2 Å². The van der Waals surface area contributed by atoms with Crippen LogP contribution in [0.15, 0.2) is 23.0 Å². The van der Waals surface area contributed by atoms with Crippen LogP contribution >= 0.6 is 23.5 Å². The molecule has 0 saturated carbocycles. The van der Waals surface area contributed by atoms with E-state index in [2.05, 4.69) is 6.26 Å². The first-order chi connectivity index (χ1) is 16.8. The van der Waals surface area contributed by atoms with Crippen LogP contribution in [0.3, 0.4) is 0 Å². The summed E-state index contributed by atoms with van der Waals surface area (Å²) in [6.45, 7) is 3.60. The van der Waals surface area contributed by atoms with E-state index in [9.17, 15) is 19.1 Å². The number of hydrogen-bond acceptors (Lipinski definition) is 7. The van der Waals surface area contributed by atoms with Crippen molar-refractivity contribution in [1.29, 1.82) is 0 Å². The number of ether oxygens (including phenoxy) is 1. The van der Waals surface area contributed by atoms with E-state index >= 15 is 0 Å². The standard InChI is InChI=1S/C26H27FN2O4S2/c1-4-26(32)19-9-22-23-16(11-29(22)24(30)17(19)12-33-25(26)31)18(13-35-7-5-6-34-3)15-8-14(2)20(27)10-21(15)28-23/h8-10,32H,4-7,11-13H2,1-3H3/t26-/m0/s1. The highest BCUT2D eigenvalue weighted by atomic mass is 32.2. The van der Waals surface area contributed by atoms with Gasteiger partial charge in [-0.25, -0.2) is 14.2 Å². The molecule has 0 bridgehead atoms. The summed E-state index contributed by atoms with van der Waals surface area (Å²) in [5.41, 5.74) is 2.65. The number of pyridine rings is 2. The topological polar surface area (TPSA) is 81.4 Å². The van der Waals surface area contributed by atoms with Crippen LogP contribution in [-0.2, 0) is 34.0 Å².